The topological polar surface area (TPSA) is 119 Å². The van der Waals surface area contributed by atoms with Crippen LogP contribution >= 0.6 is 22.7 Å². The van der Waals surface area contributed by atoms with Gasteiger partial charge in [0, 0.05) is 17.0 Å². The molecule has 2 heterocycles. The lowest BCUT2D eigenvalue weighted by Crippen LogP contribution is -2.49. The largest absolute Gasteiger partial charge is 0.375 e. The Morgan fingerprint density at radius 2 is 1.86 bits per heavy atom. The average Bonchev–Trinajstić information content (AvgIpc) is 3.26. The summed E-state index contributed by atoms with van der Waals surface area (Å²) < 4.78 is 0. The van der Waals surface area contributed by atoms with E-state index in [2.05, 4.69) is 34.4 Å². The van der Waals surface area contributed by atoms with Crippen LogP contribution < -0.4 is 22.1 Å². The second-order valence-corrected chi connectivity index (χ2v) is 10.4. The maximum Gasteiger partial charge on any atom is 0.191 e. The number of carbonyl (C=O) groups excluding carboxylic acids is 1. The minimum Gasteiger partial charge on any atom is -0.375 e. The maximum absolute atomic E-state index is 12.7. The van der Waals surface area contributed by atoms with Crippen molar-refractivity contribution in [2.75, 3.05) is 18.0 Å². The van der Waals surface area contributed by atoms with E-state index in [1.807, 2.05) is 0 Å². The smallest absolute Gasteiger partial charge is 0.191 e. The fraction of sp³-hybridized carbons (Fsp3) is 0.650. The number of ketones is 1. The Bertz CT molecular complexity index is 878. The number of carbonyl (C=O) groups is 1. The van der Waals surface area contributed by atoms with Gasteiger partial charge in [-0.2, -0.15) is 0 Å². The molecule has 9 heteroatoms. The first-order valence-electron chi connectivity index (χ1n) is 10.5. The molecule has 0 saturated heterocycles. The van der Waals surface area contributed by atoms with Gasteiger partial charge in [0.05, 0.1) is 22.3 Å². The molecule has 0 saturated carbocycles. The Labute approximate surface area is 179 Å². The minimum absolute atomic E-state index is 0.125. The van der Waals surface area contributed by atoms with Gasteiger partial charge in [-0.05, 0) is 51.0 Å². The van der Waals surface area contributed by atoms with Crippen LogP contribution in [0.15, 0.2) is 0 Å². The molecule has 2 aliphatic rings. The van der Waals surface area contributed by atoms with Gasteiger partial charge >= 0.3 is 0 Å². The molecule has 0 radical (unpaired) electrons. The number of fused-ring (bicyclic) bond motifs is 2. The van der Waals surface area contributed by atoms with Crippen LogP contribution in [0, 0.1) is 5.92 Å². The number of nitrogens with zero attached hydrogens (tertiary/aromatic N) is 2. The molecule has 0 amide bonds. The molecule has 2 aromatic rings. The molecule has 0 fully saturated rings. The van der Waals surface area contributed by atoms with E-state index in [0.29, 0.717) is 28.3 Å². The zero-order chi connectivity index (χ0) is 20.5. The van der Waals surface area contributed by atoms with E-state index >= 15 is 0 Å². The lowest BCUT2D eigenvalue weighted by molar-refractivity contribution is 0.0928. The van der Waals surface area contributed by atoms with E-state index in [1.54, 1.807) is 11.3 Å². The monoisotopic (exact) mass is 434 g/mol. The summed E-state index contributed by atoms with van der Waals surface area (Å²) in [6, 6.07) is 0.751. The molecule has 0 aliphatic heterocycles. The highest BCUT2D eigenvalue weighted by atomic mass is 32.1. The summed E-state index contributed by atoms with van der Waals surface area (Å²) >= 11 is 2.94. The molecule has 6 N–H and O–H groups in total. The first kappa shape index (κ1) is 20.7. The second-order valence-electron chi connectivity index (χ2n) is 8.21. The van der Waals surface area contributed by atoms with Gasteiger partial charge in [0.1, 0.15) is 0 Å². The van der Waals surface area contributed by atoms with Crippen molar-refractivity contribution in [3.05, 3.63) is 21.1 Å². The van der Waals surface area contributed by atoms with E-state index in [-0.39, 0.29) is 11.8 Å². The minimum atomic E-state index is -0.125. The van der Waals surface area contributed by atoms with Gasteiger partial charge in [-0.25, -0.2) is 9.97 Å². The van der Waals surface area contributed by atoms with Crippen LogP contribution in [0.1, 0.15) is 59.0 Å². The summed E-state index contributed by atoms with van der Waals surface area (Å²) in [7, 11) is 0. The summed E-state index contributed by atoms with van der Waals surface area (Å²) in [4.78, 5) is 23.5. The van der Waals surface area contributed by atoms with Crippen LogP contribution in [0.25, 0.3) is 0 Å². The average molecular weight is 435 g/mol. The van der Waals surface area contributed by atoms with Crippen LogP contribution in [-0.2, 0) is 19.3 Å². The molecular weight excluding hydrogens is 404 g/mol. The van der Waals surface area contributed by atoms with Gasteiger partial charge in [0.2, 0.25) is 0 Å². The zero-order valence-corrected chi connectivity index (χ0v) is 18.7. The van der Waals surface area contributed by atoms with Crippen LogP contribution in [0.4, 0.5) is 10.3 Å². The van der Waals surface area contributed by atoms with Crippen molar-refractivity contribution in [2.24, 2.45) is 5.92 Å². The van der Waals surface area contributed by atoms with Crippen molar-refractivity contribution in [3.63, 3.8) is 0 Å². The van der Waals surface area contributed by atoms with Crippen LogP contribution in [0.3, 0.4) is 0 Å². The van der Waals surface area contributed by atoms with Crippen molar-refractivity contribution < 1.29 is 4.79 Å². The molecule has 4 rings (SSSR count). The van der Waals surface area contributed by atoms with Crippen molar-refractivity contribution in [1.29, 1.82) is 0 Å². The molecule has 2 unspecified atom stereocenters. The lowest BCUT2D eigenvalue weighted by Gasteiger charge is -2.32. The standard InChI is InChI=1S/C20H30N6OS2/c1-3-12(24-11-4-5-13-16(8-11)28-19(21)25-13)10(2)9-23-14-6-7-15-18(17(14)27)29-20(22)26-15/h10-12,14,23-24H,3-9H2,1-2H3,(H2,21,25)(H2,22,26)/t10?,11-,12?,14-/m0/s1. The highest BCUT2D eigenvalue weighted by molar-refractivity contribution is 7.17. The molecule has 4 atom stereocenters. The number of rotatable bonds is 7. The molecule has 2 aliphatic carbocycles. The van der Waals surface area contributed by atoms with Crippen molar-refractivity contribution in [1.82, 2.24) is 20.6 Å². The highest BCUT2D eigenvalue weighted by Crippen LogP contribution is 2.30. The van der Waals surface area contributed by atoms with E-state index in [9.17, 15) is 4.79 Å². The molecule has 0 bridgehead atoms. The zero-order valence-electron chi connectivity index (χ0n) is 17.0. The second kappa shape index (κ2) is 8.67. The number of thiazole rings is 2. The normalized spacial score (nSPS) is 23.4. The third kappa shape index (κ3) is 4.47. The quantitative estimate of drug-likeness (QED) is 0.528. The molecule has 2 aromatic heterocycles. The van der Waals surface area contributed by atoms with Crippen LogP contribution in [-0.4, -0.2) is 40.4 Å². The van der Waals surface area contributed by atoms with Gasteiger partial charge in [0.25, 0.3) is 0 Å². The summed E-state index contributed by atoms with van der Waals surface area (Å²) in [5, 5.41) is 8.55. The predicted octanol–water partition coefficient (Wildman–Crippen LogP) is 2.41. The van der Waals surface area contributed by atoms with Gasteiger partial charge < -0.3 is 22.1 Å². The van der Waals surface area contributed by atoms with Gasteiger partial charge in [-0.1, -0.05) is 25.2 Å². The number of hydrogen-bond donors (Lipinski definition) is 4. The molecule has 158 valence electrons. The fourth-order valence-corrected chi connectivity index (χ4v) is 6.32. The molecule has 7 nitrogen and oxygen atoms in total. The highest BCUT2D eigenvalue weighted by Gasteiger charge is 2.31. The molecular formula is C20H30N6OS2. The Morgan fingerprint density at radius 3 is 2.66 bits per heavy atom. The number of aromatic nitrogens is 2. The van der Waals surface area contributed by atoms with Crippen molar-refractivity contribution in [2.45, 2.75) is 70.5 Å². The van der Waals surface area contributed by atoms with Crippen LogP contribution in [0.2, 0.25) is 0 Å². The van der Waals surface area contributed by atoms with Crippen molar-refractivity contribution >= 4 is 38.7 Å². The van der Waals surface area contributed by atoms with Gasteiger partial charge in [-0.3, -0.25) is 4.79 Å². The number of nitrogens with one attached hydrogen (secondary N) is 2. The number of hydrogen-bond acceptors (Lipinski definition) is 9. The molecule has 0 aromatic carbocycles. The van der Waals surface area contributed by atoms with E-state index < -0.39 is 0 Å². The molecule has 29 heavy (non-hydrogen) atoms. The predicted molar refractivity (Wildman–Crippen MR) is 120 cm³/mol. The first-order valence-corrected chi connectivity index (χ1v) is 12.1. The van der Waals surface area contributed by atoms with Crippen LogP contribution in [0.5, 0.6) is 0 Å². The summed E-state index contributed by atoms with van der Waals surface area (Å²) in [6.45, 7) is 5.30. The Balaban J connectivity index is 1.30. The summed E-state index contributed by atoms with van der Waals surface area (Å²) in [5.41, 5.74) is 13.7. The van der Waals surface area contributed by atoms with Gasteiger partial charge in [0.15, 0.2) is 16.0 Å². The lowest BCUT2D eigenvalue weighted by atomic mass is 9.92. The Morgan fingerprint density at radius 1 is 1.14 bits per heavy atom. The maximum atomic E-state index is 12.7. The fourth-order valence-electron chi connectivity index (χ4n) is 4.49. The number of anilines is 2. The molecule has 0 spiro atoms. The summed E-state index contributed by atoms with van der Waals surface area (Å²) in [5.74, 6) is 0.574. The van der Waals surface area contributed by atoms with E-state index in [0.717, 1.165) is 55.6 Å². The Kier molecular flexibility index (Phi) is 6.19. The summed E-state index contributed by atoms with van der Waals surface area (Å²) in [6.07, 6.45) is 5.79. The SMILES string of the molecule is CCC(N[C@H]1CCc2nc(N)sc2C1)C(C)CN[C@H]1CCc2nc(N)sc2C1=O. The third-order valence-electron chi connectivity index (χ3n) is 6.14. The number of nitrogen functional groups attached to an aromatic ring is 2. The number of aryl methyl sites for hydroxylation is 2. The van der Waals surface area contributed by atoms with Crippen molar-refractivity contribution in [3.8, 4) is 0 Å². The van der Waals surface area contributed by atoms with E-state index in [1.165, 1.54) is 21.9 Å². The first-order chi connectivity index (χ1) is 13.9. The van der Waals surface area contributed by atoms with Gasteiger partial charge in [-0.15, -0.1) is 11.3 Å². The number of nitrogens with two attached hydrogens (primary N) is 2. The Hall–Kier alpha value is -1.55. The third-order valence-corrected chi connectivity index (χ3v) is 8.03. The number of Topliss-reactive ketones (excluding diaryl/α,β-unsaturated/α-hetero) is 1. The van der Waals surface area contributed by atoms with E-state index in [4.69, 9.17) is 11.5 Å².